The summed E-state index contributed by atoms with van der Waals surface area (Å²) in [6.07, 6.45) is 3.11. The number of nitrogens with one attached hydrogen (secondary N) is 1. The Morgan fingerprint density at radius 1 is 1.33 bits per heavy atom. The molecule has 0 aliphatic heterocycles. The lowest BCUT2D eigenvalue weighted by Crippen LogP contribution is -2.34. The molecule has 21 heavy (non-hydrogen) atoms. The van der Waals surface area contributed by atoms with Gasteiger partial charge in [0.25, 0.3) is 5.91 Å². The van der Waals surface area contributed by atoms with E-state index in [1.54, 1.807) is 0 Å². The van der Waals surface area contributed by atoms with Crippen molar-refractivity contribution < 1.29 is 14.7 Å². The molecule has 110 valence electrons. The predicted octanol–water partition coefficient (Wildman–Crippen LogP) is 2.26. The summed E-state index contributed by atoms with van der Waals surface area (Å²) in [5, 5.41) is 12.8. The number of fused-ring (bicyclic) bond motifs is 1. The molecule has 1 aromatic carbocycles. The Balaban J connectivity index is 1.83. The number of amides is 1. The molecule has 0 atom stereocenters. The van der Waals surface area contributed by atoms with Gasteiger partial charge in [0, 0.05) is 30.2 Å². The molecular formula is C16H18N2O3. The molecule has 2 aromatic rings. The van der Waals surface area contributed by atoms with Crippen LogP contribution in [-0.2, 0) is 11.3 Å². The molecule has 0 spiro atoms. The zero-order chi connectivity index (χ0) is 15.0. The van der Waals surface area contributed by atoms with Crippen LogP contribution in [0, 0.1) is 5.41 Å². The fraction of sp³-hybridized carbons (Fsp3) is 0.375. The highest BCUT2D eigenvalue weighted by Crippen LogP contribution is 2.45. The van der Waals surface area contributed by atoms with Crippen molar-refractivity contribution >= 4 is 22.8 Å². The van der Waals surface area contributed by atoms with Crippen LogP contribution in [0.15, 0.2) is 30.5 Å². The Morgan fingerprint density at radius 3 is 2.67 bits per heavy atom. The van der Waals surface area contributed by atoms with Gasteiger partial charge in [0.2, 0.25) is 0 Å². The van der Waals surface area contributed by atoms with Gasteiger partial charge in [0.15, 0.2) is 0 Å². The fourth-order valence-corrected chi connectivity index (χ4v) is 2.65. The lowest BCUT2D eigenvalue weighted by Gasteiger charge is -2.10. The van der Waals surface area contributed by atoms with Crippen molar-refractivity contribution in [1.29, 1.82) is 0 Å². The number of aryl methyl sites for hydroxylation is 1. The number of carbonyl (C=O) groups is 2. The molecule has 5 heteroatoms. The van der Waals surface area contributed by atoms with Gasteiger partial charge < -0.3 is 15.0 Å². The van der Waals surface area contributed by atoms with E-state index < -0.39 is 11.4 Å². The van der Waals surface area contributed by atoms with E-state index in [0.717, 1.165) is 17.4 Å². The molecule has 1 saturated carbocycles. The number of carboxylic acids is 1. The normalized spacial score (nSPS) is 15.9. The largest absolute Gasteiger partial charge is 0.481 e. The standard InChI is InChI=1S/C16H18N2O3/c1-2-18-9-12(11-5-3-4-6-13(11)18)14(19)17-10-16(7-8-16)15(20)21/h3-6,9H,2,7-8,10H2,1H3,(H,17,19)(H,20,21). The summed E-state index contributed by atoms with van der Waals surface area (Å²) in [4.78, 5) is 23.5. The summed E-state index contributed by atoms with van der Waals surface area (Å²) in [6.45, 7) is 3.01. The first-order chi connectivity index (χ1) is 10.1. The first-order valence-electron chi connectivity index (χ1n) is 7.17. The summed E-state index contributed by atoms with van der Waals surface area (Å²) in [5.74, 6) is -1.02. The maximum absolute atomic E-state index is 12.4. The van der Waals surface area contributed by atoms with E-state index in [0.29, 0.717) is 18.4 Å². The number of rotatable bonds is 5. The van der Waals surface area contributed by atoms with Crippen LogP contribution in [0.2, 0.25) is 0 Å². The van der Waals surface area contributed by atoms with Crippen molar-refractivity contribution in [1.82, 2.24) is 9.88 Å². The monoisotopic (exact) mass is 286 g/mol. The smallest absolute Gasteiger partial charge is 0.311 e. The lowest BCUT2D eigenvalue weighted by molar-refractivity contribution is -0.143. The lowest BCUT2D eigenvalue weighted by atomic mass is 10.1. The highest BCUT2D eigenvalue weighted by atomic mass is 16.4. The molecular weight excluding hydrogens is 268 g/mol. The third kappa shape index (κ3) is 2.28. The van der Waals surface area contributed by atoms with E-state index in [9.17, 15) is 9.59 Å². The van der Waals surface area contributed by atoms with Crippen molar-refractivity contribution in [3.8, 4) is 0 Å². The maximum atomic E-state index is 12.4. The number of para-hydroxylation sites is 1. The summed E-state index contributed by atoms with van der Waals surface area (Å²) in [5.41, 5.74) is 0.886. The van der Waals surface area contributed by atoms with E-state index >= 15 is 0 Å². The van der Waals surface area contributed by atoms with Crippen molar-refractivity contribution in [2.45, 2.75) is 26.3 Å². The zero-order valence-corrected chi connectivity index (χ0v) is 11.9. The van der Waals surface area contributed by atoms with E-state index in [1.165, 1.54) is 0 Å². The molecule has 1 fully saturated rings. The maximum Gasteiger partial charge on any atom is 0.311 e. The van der Waals surface area contributed by atoms with Crippen molar-refractivity contribution in [2.75, 3.05) is 6.54 Å². The molecule has 1 amide bonds. The van der Waals surface area contributed by atoms with E-state index in [-0.39, 0.29) is 12.5 Å². The van der Waals surface area contributed by atoms with Crippen LogP contribution in [-0.4, -0.2) is 28.1 Å². The van der Waals surface area contributed by atoms with Gasteiger partial charge in [-0.15, -0.1) is 0 Å². The van der Waals surface area contributed by atoms with Crippen LogP contribution in [0.4, 0.5) is 0 Å². The quantitative estimate of drug-likeness (QED) is 0.885. The third-order valence-electron chi connectivity index (χ3n) is 4.27. The summed E-state index contributed by atoms with van der Waals surface area (Å²) in [6, 6.07) is 7.74. The van der Waals surface area contributed by atoms with E-state index in [4.69, 9.17) is 5.11 Å². The van der Waals surface area contributed by atoms with Crippen molar-refractivity contribution in [3.05, 3.63) is 36.0 Å². The van der Waals surface area contributed by atoms with Crippen LogP contribution in [0.1, 0.15) is 30.1 Å². The Hall–Kier alpha value is -2.30. The zero-order valence-electron chi connectivity index (χ0n) is 11.9. The second-order valence-electron chi connectivity index (χ2n) is 5.61. The van der Waals surface area contributed by atoms with Crippen LogP contribution in [0.3, 0.4) is 0 Å². The number of hydrogen-bond donors (Lipinski definition) is 2. The van der Waals surface area contributed by atoms with Gasteiger partial charge in [-0.2, -0.15) is 0 Å². The van der Waals surface area contributed by atoms with E-state index in [1.807, 2.05) is 42.0 Å². The summed E-state index contributed by atoms with van der Waals surface area (Å²) < 4.78 is 2.02. The average Bonchev–Trinajstić information content (AvgIpc) is 3.19. The van der Waals surface area contributed by atoms with Crippen LogP contribution in [0.5, 0.6) is 0 Å². The van der Waals surface area contributed by atoms with Gasteiger partial charge in [-0.1, -0.05) is 18.2 Å². The Bertz CT molecular complexity index is 713. The second-order valence-corrected chi connectivity index (χ2v) is 5.61. The number of hydrogen-bond acceptors (Lipinski definition) is 2. The molecule has 0 bridgehead atoms. The number of aromatic nitrogens is 1. The minimum Gasteiger partial charge on any atom is -0.481 e. The van der Waals surface area contributed by atoms with Gasteiger partial charge in [-0.05, 0) is 25.8 Å². The number of aliphatic carboxylic acids is 1. The minimum atomic E-state index is -0.821. The molecule has 0 unspecified atom stereocenters. The Labute approximate surface area is 122 Å². The molecule has 0 radical (unpaired) electrons. The van der Waals surface area contributed by atoms with Gasteiger partial charge in [0.1, 0.15) is 0 Å². The number of benzene rings is 1. The number of carboxylic acid groups (broad SMARTS) is 1. The summed E-state index contributed by atoms with van der Waals surface area (Å²) in [7, 11) is 0. The first-order valence-corrected chi connectivity index (χ1v) is 7.17. The molecule has 1 aliphatic rings. The van der Waals surface area contributed by atoms with E-state index in [2.05, 4.69) is 5.32 Å². The molecule has 2 N–H and O–H groups in total. The molecule has 1 aromatic heterocycles. The molecule has 5 nitrogen and oxygen atoms in total. The molecule has 0 saturated heterocycles. The average molecular weight is 286 g/mol. The topological polar surface area (TPSA) is 71.3 Å². The Kier molecular flexibility index (Phi) is 3.20. The Morgan fingerprint density at radius 2 is 2.05 bits per heavy atom. The minimum absolute atomic E-state index is 0.201. The highest BCUT2D eigenvalue weighted by Gasteiger charge is 2.50. The number of nitrogens with zero attached hydrogens (tertiary/aromatic N) is 1. The first kappa shape index (κ1) is 13.7. The van der Waals surface area contributed by atoms with Gasteiger partial charge >= 0.3 is 5.97 Å². The summed E-state index contributed by atoms with van der Waals surface area (Å²) >= 11 is 0. The fourth-order valence-electron chi connectivity index (χ4n) is 2.65. The van der Waals surface area contributed by atoms with Crippen molar-refractivity contribution in [3.63, 3.8) is 0 Å². The van der Waals surface area contributed by atoms with Crippen LogP contribution in [0.25, 0.3) is 10.9 Å². The highest BCUT2D eigenvalue weighted by molar-refractivity contribution is 6.07. The van der Waals surface area contributed by atoms with Crippen LogP contribution >= 0.6 is 0 Å². The molecule has 1 heterocycles. The van der Waals surface area contributed by atoms with Gasteiger partial charge in [0.05, 0.1) is 11.0 Å². The van der Waals surface area contributed by atoms with Gasteiger partial charge in [-0.3, -0.25) is 9.59 Å². The third-order valence-corrected chi connectivity index (χ3v) is 4.27. The van der Waals surface area contributed by atoms with Gasteiger partial charge in [-0.25, -0.2) is 0 Å². The predicted molar refractivity (Wildman–Crippen MR) is 79.2 cm³/mol. The SMILES string of the molecule is CCn1cc(C(=O)NCC2(C(=O)O)CC2)c2ccccc21. The second kappa shape index (κ2) is 4.91. The van der Waals surface area contributed by atoms with Crippen molar-refractivity contribution in [2.24, 2.45) is 5.41 Å². The number of carbonyl (C=O) groups excluding carboxylic acids is 1. The molecule has 3 rings (SSSR count). The molecule has 1 aliphatic carbocycles. The van der Waals surface area contributed by atoms with Crippen LogP contribution < -0.4 is 5.32 Å².